The number of ether oxygens (including phenoxy) is 1. The van der Waals surface area contributed by atoms with Crippen molar-refractivity contribution >= 4 is 6.29 Å². The fourth-order valence-corrected chi connectivity index (χ4v) is 1.19. The number of hydrogen-bond donors (Lipinski definition) is 0. The Kier molecular flexibility index (Phi) is 2.57. The maximum Gasteiger partial charge on any atom is 0.437 e. The molecule has 1 aromatic heterocycles. The molecule has 0 aromatic carbocycles. The van der Waals surface area contributed by atoms with Gasteiger partial charge in [-0.2, -0.15) is 13.2 Å². The number of alkyl halides is 3. The lowest BCUT2D eigenvalue weighted by Crippen LogP contribution is -2.12. The molecule has 0 aliphatic heterocycles. The van der Waals surface area contributed by atoms with Crippen molar-refractivity contribution in [3.05, 3.63) is 23.5 Å². The Morgan fingerprint density at radius 3 is 2.62 bits per heavy atom. The fraction of sp³-hybridized carbons (Fsp3) is 0.400. The van der Waals surface area contributed by atoms with Crippen LogP contribution in [-0.2, 0) is 6.18 Å². The van der Waals surface area contributed by atoms with Crippen molar-refractivity contribution in [1.82, 2.24) is 4.98 Å². The van der Waals surface area contributed by atoms with Gasteiger partial charge in [0.15, 0.2) is 17.7 Å². The van der Waals surface area contributed by atoms with Crippen LogP contribution in [0.3, 0.4) is 0 Å². The average Bonchev–Trinajstić information content (AvgIpc) is 3.00. The summed E-state index contributed by atoms with van der Waals surface area (Å²) in [6, 6.07) is 1.07. The highest BCUT2D eigenvalue weighted by atomic mass is 19.4. The molecular formula is C10H8F3NO2. The lowest BCUT2D eigenvalue weighted by atomic mass is 10.2. The molecule has 0 N–H and O–H groups in total. The number of halogens is 3. The van der Waals surface area contributed by atoms with Gasteiger partial charge in [0, 0.05) is 11.8 Å². The maximum atomic E-state index is 12.5. The monoisotopic (exact) mass is 231 g/mol. The standard InChI is InChI=1S/C10H8F3NO2/c11-10(12,13)9-8(16-7-1-2-7)3-6(5-15)4-14-9/h3-5,7H,1-2H2. The Balaban J connectivity index is 2.37. The highest BCUT2D eigenvalue weighted by molar-refractivity contribution is 5.75. The summed E-state index contributed by atoms with van der Waals surface area (Å²) in [5, 5.41) is 0. The smallest absolute Gasteiger partial charge is 0.437 e. The van der Waals surface area contributed by atoms with Gasteiger partial charge in [-0.25, -0.2) is 4.98 Å². The summed E-state index contributed by atoms with van der Waals surface area (Å²) in [6.45, 7) is 0. The summed E-state index contributed by atoms with van der Waals surface area (Å²) >= 11 is 0. The highest BCUT2D eigenvalue weighted by Crippen LogP contribution is 2.37. The summed E-state index contributed by atoms with van der Waals surface area (Å²) < 4.78 is 42.7. The highest BCUT2D eigenvalue weighted by Gasteiger charge is 2.38. The van der Waals surface area contributed by atoms with E-state index in [1.54, 1.807) is 0 Å². The zero-order valence-electron chi connectivity index (χ0n) is 8.12. The maximum absolute atomic E-state index is 12.5. The van der Waals surface area contributed by atoms with Gasteiger partial charge in [0.2, 0.25) is 0 Å². The van der Waals surface area contributed by atoms with Crippen LogP contribution in [0.1, 0.15) is 28.9 Å². The minimum atomic E-state index is -4.56. The van der Waals surface area contributed by atoms with Gasteiger partial charge in [-0.3, -0.25) is 4.79 Å². The first-order chi connectivity index (χ1) is 7.50. The molecule has 2 rings (SSSR count). The molecule has 6 heteroatoms. The fourth-order valence-electron chi connectivity index (χ4n) is 1.19. The van der Waals surface area contributed by atoms with Gasteiger partial charge < -0.3 is 4.74 Å². The van der Waals surface area contributed by atoms with E-state index < -0.39 is 11.9 Å². The topological polar surface area (TPSA) is 39.2 Å². The van der Waals surface area contributed by atoms with Crippen LogP contribution in [0.25, 0.3) is 0 Å². The third-order valence-corrected chi connectivity index (χ3v) is 2.10. The zero-order valence-corrected chi connectivity index (χ0v) is 8.12. The molecule has 1 heterocycles. The molecule has 3 nitrogen and oxygen atoms in total. The zero-order chi connectivity index (χ0) is 11.8. The van der Waals surface area contributed by atoms with Crippen molar-refractivity contribution in [2.24, 2.45) is 0 Å². The number of pyridine rings is 1. The van der Waals surface area contributed by atoms with Gasteiger partial charge in [-0.1, -0.05) is 0 Å². The predicted molar refractivity (Wildman–Crippen MR) is 48.3 cm³/mol. The Morgan fingerprint density at radius 2 is 2.12 bits per heavy atom. The van der Waals surface area contributed by atoms with Crippen LogP contribution in [0, 0.1) is 0 Å². The largest absolute Gasteiger partial charge is 0.488 e. The average molecular weight is 231 g/mol. The Hall–Kier alpha value is -1.59. The van der Waals surface area contributed by atoms with Gasteiger partial charge in [-0.05, 0) is 18.9 Å². The minimum absolute atomic E-state index is 0.0728. The van der Waals surface area contributed by atoms with E-state index in [9.17, 15) is 18.0 Å². The number of hydrogen-bond acceptors (Lipinski definition) is 3. The molecule has 1 saturated carbocycles. The van der Waals surface area contributed by atoms with Crippen LogP contribution >= 0.6 is 0 Å². The van der Waals surface area contributed by atoms with E-state index in [0.29, 0.717) is 6.29 Å². The SMILES string of the molecule is O=Cc1cnc(C(F)(F)F)c(OC2CC2)c1. The second-order valence-corrected chi connectivity index (χ2v) is 3.55. The number of aromatic nitrogens is 1. The molecule has 1 aliphatic rings. The summed E-state index contributed by atoms with van der Waals surface area (Å²) in [4.78, 5) is 13.7. The van der Waals surface area contributed by atoms with Gasteiger partial charge in [-0.15, -0.1) is 0 Å². The number of rotatable bonds is 3. The predicted octanol–water partition coefficient (Wildman–Crippen LogP) is 2.45. The van der Waals surface area contributed by atoms with E-state index >= 15 is 0 Å². The molecule has 0 amide bonds. The number of carbonyl (C=O) groups is 1. The molecule has 0 radical (unpaired) electrons. The Morgan fingerprint density at radius 1 is 1.44 bits per heavy atom. The van der Waals surface area contributed by atoms with Crippen LogP contribution in [-0.4, -0.2) is 17.4 Å². The van der Waals surface area contributed by atoms with Crippen LogP contribution < -0.4 is 4.74 Å². The lowest BCUT2D eigenvalue weighted by molar-refractivity contribution is -0.142. The van der Waals surface area contributed by atoms with Gasteiger partial charge in [0.1, 0.15) is 0 Å². The third-order valence-electron chi connectivity index (χ3n) is 2.10. The molecule has 1 aromatic rings. The molecule has 0 spiro atoms. The van der Waals surface area contributed by atoms with Crippen LogP contribution in [0.5, 0.6) is 5.75 Å². The first-order valence-electron chi connectivity index (χ1n) is 4.70. The van der Waals surface area contributed by atoms with E-state index in [4.69, 9.17) is 4.74 Å². The van der Waals surface area contributed by atoms with Gasteiger partial charge >= 0.3 is 6.18 Å². The molecule has 0 bridgehead atoms. The summed E-state index contributed by atoms with van der Waals surface area (Å²) in [5.41, 5.74) is -1.01. The van der Waals surface area contributed by atoms with E-state index in [-0.39, 0.29) is 17.4 Å². The number of carbonyl (C=O) groups excluding carboxylic acids is 1. The number of nitrogens with zero attached hydrogens (tertiary/aromatic N) is 1. The molecule has 1 aliphatic carbocycles. The van der Waals surface area contributed by atoms with E-state index in [1.807, 2.05) is 0 Å². The van der Waals surface area contributed by atoms with Crippen molar-refractivity contribution in [3.63, 3.8) is 0 Å². The Labute approximate surface area is 89.2 Å². The first kappa shape index (κ1) is 10.9. The molecule has 86 valence electrons. The minimum Gasteiger partial charge on any atom is -0.488 e. The van der Waals surface area contributed by atoms with Crippen molar-refractivity contribution in [2.75, 3.05) is 0 Å². The number of aldehydes is 1. The Bertz CT molecular complexity index is 413. The van der Waals surface area contributed by atoms with Crippen molar-refractivity contribution in [3.8, 4) is 5.75 Å². The van der Waals surface area contributed by atoms with Gasteiger partial charge in [0.25, 0.3) is 0 Å². The van der Waals surface area contributed by atoms with Crippen LogP contribution in [0.2, 0.25) is 0 Å². The summed E-state index contributed by atoms with van der Waals surface area (Å²) in [7, 11) is 0. The molecular weight excluding hydrogens is 223 g/mol. The quantitative estimate of drug-likeness (QED) is 0.750. The first-order valence-corrected chi connectivity index (χ1v) is 4.70. The molecule has 0 atom stereocenters. The second kappa shape index (κ2) is 3.77. The van der Waals surface area contributed by atoms with Crippen molar-refractivity contribution in [2.45, 2.75) is 25.1 Å². The lowest BCUT2D eigenvalue weighted by Gasteiger charge is -2.12. The van der Waals surface area contributed by atoms with E-state index in [1.165, 1.54) is 0 Å². The molecule has 1 fully saturated rings. The summed E-state index contributed by atoms with van der Waals surface area (Å²) in [5.74, 6) is -0.361. The summed E-state index contributed by atoms with van der Waals surface area (Å²) in [6.07, 6.45) is -1.94. The van der Waals surface area contributed by atoms with E-state index in [2.05, 4.69) is 4.98 Å². The van der Waals surface area contributed by atoms with Crippen LogP contribution in [0.4, 0.5) is 13.2 Å². The van der Waals surface area contributed by atoms with Gasteiger partial charge in [0.05, 0.1) is 6.10 Å². The second-order valence-electron chi connectivity index (χ2n) is 3.55. The van der Waals surface area contributed by atoms with Crippen LogP contribution in [0.15, 0.2) is 12.3 Å². The molecule has 16 heavy (non-hydrogen) atoms. The normalized spacial score (nSPS) is 15.9. The third kappa shape index (κ3) is 2.32. The van der Waals surface area contributed by atoms with Crippen molar-refractivity contribution in [1.29, 1.82) is 0 Å². The molecule has 0 saturated heterocycles. The molecule has 0 unspecified atom stereocenters. The van der Waals surface area contributed by atoms with E-state index in [0.717, 1.165) is 25.1 Å². The van der Waals surface area contributed by atoms with Crippen molar-refractivity contribution < 1.29 is 22.7 Å².